The molecule has 1 atom stereocenters. The SMILES string of the molecule is CCOC(=O)C(C)(N)c1ccc(-c2ccccc2)cc1. The molecule has 0 aliphatic heterocycles. The lowest BCUT2D eigenvalue weighted by Crippen LogP contribution is -2.43. The average Bonchev–Trinajstić information content (AvgIpc) is 2.48. The van der Waals surface area contributed by atoms with Crippen LogP contribution in [0.5, 0.6) is 0 Å². The number of carbonyl (C=O) groups excluding carboxylic acids is 1. The van der Waals surface area contributed by atoms with Crippen molar-refractivity contribution < 1.29 is 9.53 Å². The van der Waals surface area contributed by atoms with Crippen molar-refractivity contribution in [3.8, 4) is 11.1 Å². The van der Waals surface area contributed by atoms with E-state index in [0.29, 0.717) is 6.61 Å². The Hall–Kier alpha value is -2.13. The third kappa shape index (κ3) is 2.89. The second-order valence-corrected chi connectivity index (χ2v) is 4.87. The summed E-state index contributed by atoms with van der Waals surface area (Å²) >= 11 is 0. The van der Waals surface area contributed by atoms with Gasteiger partial charge in [0.2, 0.25) is 0 Å². The summed E-state index contributed by atoms with van der Waals surface area (Å²) in [5.41, 5.74) is 7.93. The maximum atomic E-state index is 11.9. The van der Waals surface area contributed by atoms with Crippen LogP contribution >= 0.6 is 0 Å². The first-order valence-corrected chi connectivity index (χ1v) is 6.67. The number of benzene rings is 2. The molecule has 0 spiro atoms. The van der Waals surface area contributed by atoms with Crippen molar-refractivity contribution in [2.75, 3.05) is 6.61 Å². The minimum atomic E-state index is -1.12. The minimum absolute atomic E-state index is 0.327. The fourth-order valence-corrected chi connectivity index (χ4v) is 2.04. The Morgan fingerprint density at radius 3 is 2.15 bits per heavy atom. The predicted molar refractivity (Wildman–Crippen MR) is 80.1 cm³/mol. The van der Waals surface area contributed by atoms with Crippen molar-refractivity contribution in [3.05, 3.63) is 60.2 Å². The van der Waals surface area contributed by atoms with Gasteiger partial charge in [-0.3, -0.25) is 0 Å². The summed E-state index contributed by atoms with van der Waals surface area (Å²) in [7, 11) is 0. The van der Waals surface area contributed by atoms with Gasteiger partial charge < -0.3 is 10.5 Å². The van der Waals surface area contributed by atoms with Crippen molar-refractivity contribution >= 4 is 5.97 Å². The highest BCUT2D eigenvalue weighted by Gasteiger charge is 2.31. The Balaban J connectivity index is 2.26. The number of esters is 1. The third-order valence-corrected chi connectivity index (χ3v) is 3.29. The van der Waals surface area contributed by atoms with E-state index in [9.17, 15) is 4.79 Å². The van der Waals surface area contributed by atoms with Crippen LogP contribution in [0.4, 0.5) is 0 Å². The van der Waals surface area contributed by atoms with E-state index in [-0.39, 0.29) is 0 Å². The van der Waals surface area contributed by atoms with E-state index in [1.165, 1.54) is 0 Å². The van der Waals surface area contributed by atoms with E-state index in [1.54, 1.807) is 13.8 Å². The molecular weight excluding hydrogens is 250 g/mol. The van der Waals surface area contributed by atoms with Gasteiger partial charge in [0.1, 0.15) is 5.54 Å². The van der Waals surface area contributed by atoms with E-state index in [2.05, 4.69) is 0 Å². The minimum Gasteiger partial charge on any atom is -0.464 e. The van der Waals surface area contributed by atoms with Gasteiger partial charge in [-0.1, -0.05) is 54.6 Å². The highest BCUT2D eigenvalue weighted by atomic mass is 16.5. The van der Waals surface area contributed by atoms with E-state index in [1.807, 2.05) is 54.6 Å². The molecule has 2 rings (SSSR count). The van der Waals surface area contributed by atoms with Crippen molar-refractivity contribution in [2.24, 2.45) is 5.73 Å². The van der Waals surface area contributed by atoms with Gasteiger partial charge in [0.15, 0.2) is 0 Å². The van der Waals surface area contributed by atoms with Crippen LogP contribution in [-0.4, -0.2) is 12.6 Å². The molecule has 0 saturated carbocycles. The molecule has 0 fully saturated rings. The molecule has 0 amide bonds. The summed E-state index contributed by atoms with van der Waals surface area (Å²) in [6.45, 7) is 3.77. The Morgan fingerprint density at radius 2 is 1.60 bits per heavy atom. The van der Waals surface area contributed by atoms with E-state index in [4.69, 9.17) is 10.5 Å². The summed E-state index contributed by atoms with van der Waals surface area (Å²) in [5.74, 6) is -0.410. The number of hydrogen-bond acceptors (Lipinski definition) is 3. The maximum Gasteiger partial charge on any atom is 0.330 e. The Bertz CT molecular complexity index is 574. The molecule has 0 radical (unpaired) electrons. The second kappa shape index (κ2) is 5.88. The lowest BCUT2D eigenvalue weighted by Gasteiger charge is -2.22. The molecular formula is C17H19NO2. The average molecular weight is 269 g/mol. The quantitative estimate of drug-likeness (QED) is 0.868. The number of ether oxygens (including phenoxy) is 1. The molecule has 20 heavy (non-hydrogen) atoms. The van der Waals surface area contributed by atoms with Gasteiger partial charge in [0.05, 0.1) is 6.61 Å². The first-order chi connectivity index (χ1) is 9.55. The molecule has 3 nitrogen and oxygen atoms in total. The first kappa shape index (κ1) is 14.3. The highest BCUT2D eigenvalue weighted by Crippen LogP contribution is 2.24. The van der Waals surface area contributed by atoms with Gasteiger partial charge in [-0.15, -0.1) is 0 Å². The molecule has 0 bridgehead atoms. The number of rotatable bonds is 4. The lowest BCUT2D eigenvalue weighted by atomic mass is 9.91. The van der Waals surface area contributed by atoms with Gasteiger partial charge in [-0.25, -0.2) is 4.79 Å². The van der Waals surface area contributed by atoms with Gasteiger partial charge in [-0.05, 0) is 30.5 Å². The molecule has 0 saturated heterocycles. The van der Waals surface area contributed by atoms with Gasteiger partial charge in [0.25, 0.3) is 0 Å². The molecule has 0 aliphatic rings. The van der Waals surface area contributed by atoms with E-state index in [0.717, 1.165) is 16.7 Å². The highest BCUT2D eigenvalue weighted by molar-refractivity contribution is 5.82. The molecule has 3 heteroatoms. The maximum absolute atomic E-state index is 11.9. The van der Waals surface area contributed by atoms with Crippen LogP contribution in [0.15, 0.2) is 54.6 Å². The van der Waals surface area contributed by atoms with Crippen LogP contribution < -0.4 is 5.73 Å². The zero-order valence-electron chi connectivity index (χ0n) is 11.8. The largest absolute Gasteiger partial charge is 0.464 e. The number of hydrogen-bond donors (Lipinski definition) is 1. The summed E-state index contributed by atoms with van der Waals surface area (Å²) in [6.07, 6.45) is 0. The first-order valence-electron chi connectivity index (χ1n) is 6.67. The Kier molecular flexibility index (Phi) is 4.20. The Labute approximate surface area is 119 Å². The van der Waals surface area contributed by atoms with Gasteiger partial charge in [-0.2, -0.15) is 0 Å². The molecule has 0 heterocycles. The van der Waals surface area contributed by atoms with Crippen molar-refractivity contribution in [1.82, 2.24) is 0 Å². The van der Waals surface area contributed by atoms with Crippen LogP contribution in [0.2, 0.25) is 0 Å². The summed E-state index contributed by atoms with van der Waals surface area (Å²) < 4.78 is 5.01. The third-order valence-electron chi connectivity index (χ3n) is 3.29. The van der Waals surface area contributed by atoms with Crippen LogP contribution in [0.3, 0.4) is 0 Å². The zero-order chi connectivity index (χ0) is 14.6. The number of carbonyl (C=O) groups is 1. The van der Waals surface area contributed by atoms with Crippen LogP contribution in [0.1, 0.15) is 19.4 Å². The molecule has 2 N–H and O–H groups in total. The van der Waals surface area contributed by atoms with E-state index >= 15 is 0 Å². The van der Waals surface area contributed by atoms with Crippen LogP contribution in [-0.2, 0) is 15.1 Å². The summed E-state index contributed by atoms with van der Waals surface area (Å²) in [6, 6.07) is 17.7. The molecule has 0 aromatic heterocycles. The van der Waals surface area contributed by atoms with Crippen molar-refractivity contribution in [1.29, 1.82) is 0 Å². The van der Waals surface area contributed by atoms with Crippen molar-refractivity contribution in [3.63, 3.8) is 0 Å². The Morgan fingerprint density at radius 1 is 1.05 bits per heavy atom. The van der Waals surface area contributed by atoms with E-state index < -0.39 is 11.5 Å². The molecule has 104 valence electrons. The topological polar surface area (TPSA) is 52.3 Å². The second-order valence-electron chi connectivity index (χ2n) is 4.87. The molecule has 2 aromatic carbocycles. The van der Waals surface area contributed by atoms with Crippen LogP contribution in [0.25, 0.3) is 11.1 Å². The molecule has 2 aromatic rings. The monoisotopic (exact) mass is 269 g/mol. The predicted octanol–water partition coefficient (Wildman–Crippen LogP) is 3.09. The molecule has 0 aliphatic carbocycles. The summed E-state index contributed by atoms with van der Waals surface area (Å²) in [4.78, 5) is 11.9. The fraction of sp³-hybridized carbons (Fsp3) is 0.235. The van der Waals surface area contributed by atoms with Crippen molar-refractivity contribution in [2.45, 2.75) is 19.4 Å². The standard InChI is InChI=1S/C17H19NO2/c1-3-20-16(19)17(2,18)15-11-9-14(10-12-15)13-7-5-4-6-8-13/h4-12H,3,18H2,1-2H3. The smallest absolute Gasteiger partial charge is 0.330 e. The normalized spacial score (nSPS) is 13.6. The van der Waals surface area contributed by atoms with Crippen LogP contribution in [0, 0.1) is 0 Å². The van der Waals surface area contributed by atoms with Gasteiger partial charge >= 0.3 is 5.97 Å². The molecule has 1 unspecified atom stereocenters. The lowest BCUT2D eigenvalue weighted by molar-refractivity contribution is -0.149. The zero-order valence-corrected chi connectivity index (χ0v) is 11.8. The number of nitrogens with two attached hydrogens (primary N) is 1. The van der Waals surface area contributed by atoms with Gasteiger partial charge in [0, 0.05) is 0 Å². The fourth-order valence-electron chi connectivity index (χ4n) is 2.04. The summed E-state index contributed by atoms with van der Waals surface area (Å²) in [5, 5.41) is 0.